The summed E-state index contributed by atoms with van der Waals surface area (Å²) in [4.78, 5) is 33.5. The molecule has 6 rings (SSSR count). The van der Waals surface area contributed by atoms with Crippen LogP contribution in [-0.4, -0.2) is 81.1 Å². The lowest BCUT2D eigenvalue weighted by Crippen LogP contribution is -2.47. The summed E-state index contributed by atoms with van der Waals surface area (Å²) in [5.41, 5.74) is 1.63. The molecule has 202 valence electrons. The van der Waals surface area contributed by atoms with Gasteiger partial charge in [-0.2, -0.15) is 0 Å². The highest BCUT2D eigenvalue weighted by molar-refractivity contribution is 5.89. The number of carbonyl (C=O) groups is 1. The van der Waals surface area contributed by atoms with Gasteiger partial charge in [0.05, 0.1) is 6.54 Å². The lowest BCUT2D eigenvalue weighted by atomic mass is 9.77. The zero-order valence-corrected chi connectivity index (χ0v) is 22.6. The Morgan fingerprint density at radius 1 is 1.00 bits per heavy atom. The van der Waals surface area contributed by atoms with Gasteiger partial charge in [0.25, 0.3) is 0 Å². The minimum Gasteiger partial charge on any atom is -0.348 e. The summed E-state index contributed by atoms with van der Waals surface area (Å²) < 4.78 is 0. The van der Waals surface area contributed by atoms with E-state index >= 15 is 0 Å². The van der Waals surface area contributed by atoms with Crippen LogP contribution in [0.1, 0.15) is 89.3 Å². The number of hydrogen-bond acceptors (Lipinski definition) is 5. The Balaban J connectivity index is 0.995. The fourth-order valence-electron chi connectivity index (χ4n) is 7.92. The molecular formula is C30H46N6O. The maximum atomic E-state index is 13.6. The van der Waals surface area contributed by atoms with Gasteiger partial charge in [0, 0.05) is 68.4 Å². The average molecular weight is 507 g/mol. The quantitative estimate of drug-likeness (QED) is 0.578. The van der Waals surface area contributed by atoms with E-state index in [1.54, 1.807) is 0 Å². The number of likely N-dealkylation sites (tertiary alicyclic amines) is 2. The molecule has 7 heteroatoms. The van der Waals surface area contributed by atoms with Crippen molar-refractivity contribution in [3.63, 3.8) is 0 Å². The smallest absolute Gasteiger partial charge is 0.225 e. The van der Waals surface area contributed by atoms with Gasteiger partial charge >= 0.3 is 0 Å². The topological polar surface area (TPSA) is 67.8 Å². The van der Waals surface area contributed by atoms with E-state index in [1.807, 2.05) is 18.6 Å². The Bertz CT molecular complexity index is 949. The van der Waals surface area contributed by atoms with Crippen molar-refractivity contribution in [3.05, 3.63) is 30.5 Å². The van der Waals surface area contributed by atoms with Crippen molar-refractivity contribution in [2.24, 2.45) is 16.3 Å². The highest BCUT2D eigenvalue weighted by atomic mass is 16.2. The second-order valence-electron chi connectivity index (χ2n) is 12.6. The van der Waals surface area contributed by atoms with E-state index in [9.17, 15) is 4.79 Å². The molecule has 2 saturated carbocycles. The second-order valence-corrected chi connectivity index (χ2v) is 12.6. The van der Waals surface area contributed by atoms with Crippen LogP contribution in [0.2, 0.25) is 0 Å². The lowest BCUT2D eigenvalue weighted by Gasteiger charge is -2.44. The van der Waals surface area contributed by atoms with Gasteiger partial charge in [-0.15, -0.1) is 0 Å². The SMILES string of the molecule is O=C(C1CCC(N(CC2=NC=CC2)Cc2ncc[nH]2)CC1)N1CCC2(CCN(C3CCCCC3)CC2)C1. The first-order chi connectivity index (χ1) is 18.2. The number of carbonyl (C=O) groups excluding carboxylic acids is 1. The Labute approximate surface area is 222 Å². The van der Waals surface area contributed by atoms with Gasteiger partial charge in [-0.25, -0.2) is 4.98 Å². The van der Waals surface area contributed by atoms with Crippen LogP contribution in [0, 0.1) is 11.3 Å². The molecule has 1 aromatic rings. The van der Waals surface area contributed by atoms with E-state index < -0.39 is 0 Å². The molecule has 3 aliphatic heterocycles. The number of nitrogens with zero attached hydrogens (tertiary/aromatic N) is 5. The molecule has 1 amide bonds. The standard InChI is InChI=1S/C30H46N6O/c37-29(35-20-14-30(23-35)12-18-34(19-13-30)26-6-2-1-3-7-26)24-8-10-27(11-9-24)36(21-25-5-4-15-31-25)22-28-32-16-17-33-28/h4,15-17,24,26-27H,1-3,5-14,18-23H2,(H,32,33). The first kappa shape index (κ1) is 25.3. The fourth-order valence-corrected chi connectivity index (χ4v) is 7.92. The summed E-state index contributed by atoms with van der Waals surface area (Å²) >= 11 is 0. The first-order valence-corrected chi connectivity index (χ1v) is 15.1. The monoisotopic (exact) mass is 506 g/mol. The number of aromatic nitrogens is 2. The Morgan fingerprint density at radius 2 is 1.78 bits per heavy atom. The lowest BCUT2D eigenvalue weighted by molar-refractivity contribution is -0.136. The van der Waals surface area contributed by atoms with Gasteiger partial charge in [-0.3, -0.25) is 14.7 Å². The number of piperidine rings is 1. The summed E-state index contributed by atoms with van der Waals surface area (Å²) in [7, 11) is 0. The van der Waals surface area contributed by atoms with Crippen LogP contribution >= 0.6 is 0 Å². The van der Waals surface area contributed by atoms with Crippen LogP contribution in [0.5, 0.6) is 0 Å². The van der Waals surface area contributed by atoms with Crippen molar-refractivity contribution in [1.29, 1.82) is 0 Å². The minimum atomic E-state index is 0.213. The number of allylic oxidation sites excluding steroid dienone is 1. The second kappa shape index (κ2) is 11.4. The number of imidazole rings is 1. The van der Waals surface area contributed by atoms with Crippen LogP contribution in [0.25, 0.3) is 0 Å². The van der Waals surface area contributed by atoms with Crippen molar-refractivity contribution in [2.45, 2.75) is 102 Å². The molecule has 2 saturated heterocycles. The minimum absolute atomic E-state index is 0.213. The predicted octanol–water partition coefficient (Wildman–Crippen LogP) is 4.78. The van der Waals surface area contributed by atoms with Crippen LogP contribution in [0.4, 0.5) is 0 Å². The molecule has 2 aliphatic carbocycles. The fraction of sp³-hybridized carbons (Fsp3) is 0.767. The molecule has 7 nitrogen and oxygen atoms in total. The number of hydrogen-bond donors (Lipinski definition) is 1. The molecule has 0 radical (unpaired) electrons. The molecule has 1 spiro atoms. The van der Waals surface area contributed by atoms with Crippen LogP contribution in [0.3, 0.4) is 0 Å². The zero-order valence-electron chi connectivity index (χ0n) is 22.6. The molecule has 1 aromatic heterocycles. The molecule has 0 aromatic carbocycles. The largest absolute Gasteiger partial charge is 0.348 e. The molecular weight excluding hydrogens is 460 g/mol. The predicted molar refractivity (Wildman–Crippen MR) is 147 cm³/mol. The Kier molecular flexibility index (Phi) is 7.80. The van der Waals surface area contributed by atoms with Gasteiger partial charge in [0.1, 0.15) is 5.82 Å². The summed E-state index contributed by atoms with van der Waals surface area (Å²) in [6, 6.07) is 1.33. The highest BCUT2D eigenvalue weighted by Gasteiger charge is 2.44. The third kappa shape index (κ3) is 5.88. The van der Waals surface area contributed by atoms with Gasteiger partial charge in [-0.1, -0.05) is 25.3 Å². The van der Waals surface area contributed by atoms with Crippen molar-refractivity contribution in [1.82, 2.24) is 24.7 Å². The van der Waals surface area contributed by atoms with E-state index in [2.05, 4.69) is 35.7 Å². The third-order valence-electron chi connectivity index (χ3n) is 10.3. The van der Waals surface area contributed by atoms with Crippen LogP contribution in [0.15, 0.2) is 29.7 Å². The van der Waals surface area contributed by atoms with Crippen molar-refractivity contribution >= 4 is 11.6 Å². The molecule has 4 fully saturated rings. The Morgan fingerprint density at radius 3 is 2.49 bits per heavy atom. The number of aromatic amines is 1. The van der Waals surface area contributed by atoms with E-state index in [0.717, 1.165) is 70.1 Å². The average Bonchev–Trinajstić information content (AvgIpc) is 3.73. The maximum absolute atomic E-state index is 13.6. The van der Waals surface area contributed by atoms with E-state index in [-0.39, 0.29) is 5.92 Å². The van der Waals surface area contributed by atoms with E-state index in [4.69, 9.17) is 0 Å². The third-order valence-corrected chi connectivity index (χ3v) is 10.3. The van der Waals surface area contributed by atoms with Crippen molar-refractivity contribution in [3.8, 4) is 0 Å². The normalized spacial score (nSPS) is 28.9. The van der Waals surface area contributed by atoms with E-state index in [0.29, 0.717) is 17.4 Å². The number of nitrogens with one attached hydrogen (secondary N) is 1. The van der Waals surface area contributed by atoms with Gasteiger partial charge < -0.3 is 14.8 Å². The number of amides is 1. The van der Waals surface area contributed by atoms with Gasteiger partial charge in [0.15, 0.2) is 0 Å². The van der Waals surface area contributed by atoms with Crippen LogP contribution < -0.4 is 0 Å². The first-order valence-electron chi connectivity index (χ1n) is 15.1. The van der Waals surface area contributed by atoms with Gasteiger partial charge in [-0.05, 0) is 76.3 Å². The molecule has 5 aliphatic rings. The van der Waals surface area contributed by atoms with Gasteiger partial charge in [0.2, 0.25) is 5.91 Å². The number of aliphatic imine (C=N–C) groups is 1. The molecule has 0 bridgehead atoms. The summed E-state index contributed by atoms with van der Waals surface area (Å²) in [5.74, 6) is 1.68. The molecule has 1 N–H and O–H groups in total. The van der Waals surface area contributed by atoms with E-state index in [1.165, 1.54) is 70.2 Å². The zero-order chi connectivity index (χ0) is 25.1. The number of rotatable bonds is 7. The summed E-state index contributed by atoms with van der Waals surface area (Å²) in [6.07, 6.45) is 23.9. The molecule has 37 heavy (non-hydrogen) atoms. The highest BCUT2D eigenvalue weighted by Crippen LogP contribution is 2.43. The molecule has 4 heterocycles. The van der Waals surface area contributed by atoms with Crippen molar-refractivity contribution in [2.75, 3.05) is 32.7 Å². The summed E-state index contributed by atoms with van der Waals surface area (Å²) in [5, 5.41) is 0. The molecule has 0 unspecified atom stereocenters. The number of H-pyrrole nitrogens is 1. The Hall–Kier alpha value is -1.99. The maximum Gasteiger partial charge on any atom is 0.225 e. The molecule has 0 atom stereocenters. The summed E-state index contributed by atoms with van der Waals surface area (Å²) in [6.45, 7) is 6.22. The van der Waals surface area contributed by atoms with Crippen molar-refractivity contribution < 1.29 is 4.79 Å². The van der Waals surface area contributed by atoms with Crippen LogP contribution in [-0.2, 0) is 11.3 Å².